The van der Waals surface area contributed by atoms with Crippen molar-refractivity contribution in [2.45, 2.75) is 25.8 Å². The molecule has 0 spiro atoms. The van der Waals surface area contributed by atoms with Gasteiger partial charge in [-0.15, -0.1) is 11.3 Å². The number of benzene rings is 1. The summed E-state index contributed by atoms with van der Waals surface area (Å²) in [5, 5.41) is 2.84. The lowest BCUT2D eigenvalue weighted by Crippen LogP contribution is -2.33. The van der Waals surface area contributed by atoms with E-state index in [2.05, 4.69) is 5.32 Å². The Bertz CT molecular complexity index is 800. The molecule has 2 amide bonds. The molecule has 0 bridgehead atoms. The highest BCUT2D eigenvalue weighted by Crippen LogP contribution is 2.33. The number of hydrogen-bond donors (Lipinski definition) is 1. The van der Waals surface area contributed by atoms with E-state index in [0.29, 0.717) is 12.0 Å². The summed E-state index contributed by atoms with van der Waals surface area (Å²) in [4.78, 5) is 28.0. The summed E-state index contributed by atoms with van der Waals surface area (Å²) in [7, 11) is 3.47. The Labute approximate surface area is 150 Å². The average Bonchev–Trinajstić information content (AvgIpc) is 3.03. The number of thiophene rings is 1. The van der Waals surface area contributed by atoms with Crippen LogP contribution < -0.4 is 5.32 Å². The van der Waals surface area contributed by atoms with E-state index in [1.807, 2.05) is 6.07 Å². The molecule has 0 fully saturated rings. The fraction of sp³-hybridized carbons (Fsp3) is 0.368. The summed E-state index contributed by atoms with van der Waals surface area (Å²) >= 11 is 1.53. The van der Waals surface area contributed by atoms with Crippen molar-refractivity contribution in [2.75, 3.05) is 14.1 Å². The van der Waals surface area contributed by atoms with Crippen molar-refractivity contribution in [3.63, 3.8) is 0 Å². The van der Waals surface area contributed by atoms with Crippen LogP contribution in [0.15, 0.2) is 30.3 Å². The van der Waals surface area contributed by atoms with E-state index in [1.165, 1.54) is 22.3 Å². The first kappa shape index (κ1) is 17.6. The molecule has 0 saturated heterocycles. The highest BCUT2D eigenvalue weighted by atomic mass is 32.1. The zero-order valence-electron chi connectivity index (χ0n) is 14.3. The predicted molar refractivity (Wildman–Crippen MR) is 96.1 cm³/mol. The second kappa shape index (κ2) is 7.35. The predicted octanol–water partition coefficient (Wildman–Crippen LogP) is 3.01. The first-order chi connectivity index (χ1) is 12.0. The van der Waals surface area contributed by atoms with Crippen LogP contribution in [0.1, 0.15) is 32.1 Å². The monoisotopic (exact) mass is 360 g/mol. The van der Waals surface area contributed by atoms with Gasteiger partial charge in [-0.1, -0.05) is 18.2 Å². The molecule has 132 valence electrons. The van der Waals surface area contributed by atoms with Crippen molar-refractivity contribution in [3.05, 3.63) is 57.0 Å². The number of carbonyl (C=O) groups is 2. The van der Waals surface area contributed by atoms with Gasteiger partial charge in [0.25, 0.3) is 5.91 Å². The van der Waals surface area contributed by atoms with Gasteiger partial charge >= 0.3 is 0 Å². The van der Waals surface area contributed by atoms with Gasteiger partial charge in [0, 0.05) is 37.0 Å². The van der Waals surface area contributed by atoms with Gasteiger partial charge in [0.2, 0.25) is 5.91 Å². The van der Waals surface area contributed by atoms with Crippen molar-refractivity contribution in [3.8, 4) is 0 Å². The summed E-state index contributed by atoms with van der Waals surface area (Å²) < 4.78 is 13.6. The third-order valence-corrected chi connectivity index (χ3v) is 5.71. The minimum absolute atomic E-state index is 0.0000423. The van der Waals surface area contributed by atoms with Crippen LogP contribution >= 0.6 is 11.3 Å². The van der Waals surface area contributed by atoms with Crippen molar-refractivity contribution in [1.29, 1.82) is 0 Å². The van der Waals surface area contributed by atoms with E-state index in [4.69, 9.17) is 0 Å². The van der Waals surface area contributed by atoms with E-state index >= 15 is 0 Å². The van der Waals surface area contributed by atoms with Crippen LogP contribution in [0.25, 0.3) is 0 Å². The summed E-state index contributed by atoms with van der Waals surface area (Å²) in [6.07, 6.45) is 2.19. The van der Waals surface area contributed by atoms with Gasteiger partial charge in [0.15, 0.2) is 0 Å². The zero-order chi connectivity index (χ0) is 18.0. The molecule has 4 nitrogen and oxygen atoms in total. The van der Waals surface area contributed by atoms with Crippen LogP contribution in [0.3, 0.4) is 0 Å². The summed E-state index contributed by atoms with van der Waals surface area (Å²) in [6, 6.07) is 8.37. The molecule has 1 atom stereocenters. The van der Waals surface area contributed by atoms with Crippen LogP contribution in [-0.4, -0.2) is 30.8 Å². The number of hydrogen-bond acceptors (Lipinski definition) is 3. The number of nitrogens with one attached hydrogen (secondary N) is 1. The maximum absolute atomic E-state index is 13.6. The minimum atomic E-state index is -0.307. The fourth-order valence-corrected chi connectivity index (χ4v) is 4.27. The van der Waals surface area contributed by atoms with Crippen molar-refractivity contribution in [2.24, 2.45) is 5.92 Å². The molecular formula is C19H21FN2O2S. The van der Waals surface area contributed by atoms with Gasteiger partial charge in [-0.05, 0) is 37.0 Å². The lowest BCUT2D eigenvalue weighted by molar-refractivity contribution is -0.125. The molecule has 0 aliphatic heterocycles. The van der Waals surface area contributed by atoms with Gasteiger partial charge in [-0.3, -0.25) is 9.59 Å². The molecule has 1 aromatic heterocycles. The normalized spacial score (nSPS) is 16.2. The first-order valence-corrected chi connectivity index (χ1v) is 9.11. The van der Waals surface area contributed by atoms with Crippen LogP contribution in [0.5, 0.6) is 0 Å². The Hall–Kier alpha value is -2.21. The topological polar surface area (TPSA) is 49.4 Å². The van der Waals surface area contributed by atoms with E-state index < -0.39 is 0 Å². The number of nitrogens with zero attached hydrogens (tertiary/aromatic N) is 1. The second-order valence-electron chi connectivity index (χ2n) is 6.51. The lowest BCUT2D eigenvalue weighted by atomic mass is 9.87. The third-order valence-electron chi connectivity index (χ3n) is 4.48. The SMILES string of the molecule is CN(C)C(=O)c1cc2c(s1)CC[C@@H](C(=O)NCc1ccccc1F)C2. The third kappa shape index (κ3) is 3.90. The molecule has 6 heteroatoms. The summed E-state index contributed by atoms with van der Waals surface area (Å²) in [6.45, 7) is 0.197. The molecule has 3 rings (SSSR count). The van der Waals surface area contributed by atoms with Crippen LogP contribution in [-0.2, 0) is 24.2 Å². The minimum Gasteiger partial charge on any atom is -0.352 e. The first-order valence-electron chi connectivity index (χ1n) is 8.30. The lowest BCUT2D eigenvalue weighted by Gasteiger charge is -2.21. The van der Waals surface area contributed by atoms with Gasteiger partial charge in [-0.25, -0.2) is 4.39 Å². The largest absolute Gasteiger partial charge is 0.352 e. The Kier molecular flexibility index (Phi) is 5.18. The molecule has 1 aliphatic rings. The molecule has 1 aliphatic carbocycles. The standard InChI is InChI=1S/C19H21FN2O2S/c1-22(2)19(24)17-10-14-9-12(7-8-16(14)25-17)18(23)21-11-13-5-3-4-6-15(13)20/h3-6,10,12H,7-9,11H2,1-2H3,(H,21,23)/t12-/m1/s1. The molecule has 0 saturated carbocycles. The molecule has 1 heterocycles. The van der Waals surface area contributed by atoms with Gasteiger partial charge in [-0.2, -0.15) is 0 Å². The molecule has 1 N–H and O–H groups in total. The average molecular weight is 360 g/mol. The molecule has 0 radical (unpaired) electrons. The fourth-order valence-electron chi connectivity index (χ4n) is 3.04. The Balaban J connectivity index is 1.63. The quantitative estimate of drug-likeness (QED) is 0.911. The molecule has 0 unspecified atom stereocenters. The number of amides is 2. The van der Waals surface area contributed by atoms with E-state index in [0.717, 1.165) is 23.3 Å². The number of fused-ring (bicyclic) bond motifs is 1. The van der Waals surface area contributed by atoms with Gasteiger partial charge in [0.1, 0.15) is 5.82 Å². The highest BCUT2D eigenvalue weighted by Gasteiger charge is 2.27. The second-order valence-corrected chi connectivity index (χ2v) is 7.64. The van der Waals surface area contributed by atoms with Crippen LogP contribution in [0.4, 0.5) is 4.39 Å². The van der Waals surface area contributed by atoms with Gasteiger partial charge < -0.3 is 10.2 Å². The highest BCUT2D eigenvalue weighted by molar-refractivity contribution is 7.14. The maximum Gasteiger partial charge on any atom is 0.263 e. The Morgan fingerprint density at radius 2 is 2.08 bits per heavy atom. The maximum atomic E-state index is 13.6. The van der Waals surface area contributed by atoms with E-state index in [-0.39, 0.29) is 30.1 Å². The molecule has 25 heavy (non-hydrogen) atoms. The zero-order valence-corrected chi connectivity index (χ0v) is 15.2. The summed E-state index contributed by atoms with van der Waals surface area (Å²) in [5.74, 6) is -0.491. The Morgan fingerprint density at radius 3 is 2.80 bits per heavy atom. The molecular weight excluding hydrogens is 339 g/mol. The number of aryl methyl sites for hydroxylation is 1. The Morgan fingerprint density at radius 1 is 1.32 bits per heavy atom. The summed E-state index contributed by atoms with van der Waals surface area (Å²) in [5.41, 5.74) is 1.58. The van der Waals surface area contributed by atoms with E-state index in [9.17, 15) is 14.0 Å². The number of carbonyl (C=O) groups excluding carboxylic acids is 2. The number of rotatable bonds is 4. The van der Waals surface area contributed by atoms with Gasteiger partial charge in [0.05, 0.1) is 4.88 Å². The molecule has 1 aromatic carbocycles. The van der Waals surface area contributed by atoms with Crippen molar-refractivity contribution in [1.82, 2.24) is 10.2 Å². The van der Waals surface area contributed by atoms with Crippen LogP contribution in [0.2, 0.25) is 0 Å². The van der Waals surface area contributed by atoms with Crippen LogP contribution in [0, 0.1) is 11.7 Å². The number of halogens is 1. The molecule has 2 aromatic rings. The van der Waals surface area contributed by atoms with Crippen molar-refractivity contribution >= 4 is 23.2 Å². The van der Waals surface area contributed by atoms with Crippen molar-refractivity contribution < 1.29 is 14.0 Å². The van der Waals surface area contributed by atoms with E-state index in [1.54, 1.807) is 37.2 Å². The smallest absolute Gasteiger partial charge is 0.263 e.